The lowest BCUT2D eigenvalue weighted by atomic mass is 10.2. The number of carbonyl (C=O) groups is 2. The van der Waals surface area contributed by atoms with Crippen molar-refractivity contribution in [1.29, 1.82) is 0 Å². The molecule has 0 heterocycles. The highest BCUT2D eigenvalue weighted by Gasteiger charge is 2.19. The Morgan fingerprint density at radius 3 is 1.82 bits per heavy atom. The second-order valence-electron chi connectivity index (χ2n) is 5.01. The molecule has 0 atom stereocenters. The zero-order valence-corrected chi connectivity index (χ0v) is 12.7. The monoisotopic (exact) mass is 311 g/mol. The van der Waals surface area contributed by atoms with Gasteiger partial charge >= 0.3 is 0 Å². The number of halogens is 1. The standard InChI is InChI=1S/C10H22N3O3.BrH/c1-11(2)9(14)6-7-10(15)12(16)8-13(3,4)5;/h16H,6-8H2,1-5H3;1H/q+1;/p-1. The van der Waals surface area contributed by atoms with E-state index in [0.717, 1.165) is 0 Å². The number of hydrogen-bond acceptors (Lipinski definition) is 3. The van der Waals surface area contributed by atoms with Crippen LogP contribution in [-0.4, -0.2) is 73.4 Å². The summed E-state index contributed by atoms with van der Waals surface area (Å²) in [5, 5.41) is 10.1. The summed E-state index contributed by atoms with van der Waals surface area (Å²) in [4.78, 5) is 24.1. The molecule has 0 radical (unpaired) electrons. The highest BCUT2D eigenvalue weighted by Crippen LogP contribution is 2.01. The van der Waals surface area contributed by atoms with E-state index in [-0.39, 0.29) is 42.4 Å². The number of rotatable bonds is 5. The van der Waals surface area contributed by atoms with Gasteiger partial charge in [-0.15, -0.1) is 0 Å². The fraction of sp³-hybridized carbons (Fsp3) is 0.800. The van der Waals surface area contributed by atoms with E-state index in [4.69, 9.17) is 0 Å². The summed E-state index contributed by atoms with van der Waals surface area (Å²) in [7, 11) is 8.86. The Morgan fingerprint density at radius 2 is 1.47 bits per heavy atom. The predicted octanol–water partition coefficient (Wildman–Crippen LogP) is -3.26. The number of carbonyl (C=O) groups excluding carboxylic acids is 2. The molecule has 0 spiro atoms. The molecular formula is C10H22BrN3O3. The molecule has 102 valence electrons. The normalized spacial score (nSPS) is 10.5. The molecular weight excluding hydrogens is 290 g/mol. The van der Waals surface area contributed by atoms with Crippen LogP contribution in [0.4, 0.5) is 0 Å². The molecule has 0 unspecified atom stereocenters. The van der Waals surface area contributed by atoms with E-state index < -0.39 is 5.91 Å². The molecule has 0 aliphatic rings. The minimum absolute atomic E-state index is 0. The first kappa shape index (κ1) is 18.7. The maximum absolute atomic E-state index is 11.4. The molecule has 0 aliphatic carbocycles. The Kier molecular flexibility index (Phi) is 8.39. The van der Waals surface area contributed by atoms with Crippen molar-refractivity contribution in [2.75, 3.05) is 41.9 Å². The predicted molar refractivity (Wildman–Crippen MR) is 59.5 cm³/mol. The van der Waals surface area contributed by atoms with Gasteiger partial charge in [-0.2, -0.15) is 5.06 Å². The smallest absolute Gasteiger partial charge is 0.251 e. The van der Waals surface area contributed by atoms with Crippen LogP contribution < -0.4 is 17.0 Å². The highest BCUT2D eigenvalue weighted by atomic mass is 79.9. The highest BCUT2D eigenvalue weighted by molar-refractivity contribution is 5.82. The number of amides is 2. The SMILES string of the molecule is CN(C)C(=O)CCC(=O)N(O)C[N+](C)(C)C.[Br-]. The minimum atomic E-state index is -0.428. The Labute approximate surface area is 113 Å². The third kappa shape index (κ3) is 9.08. The Morgan fingerprint density at radius 1 is 1.06 bits per heavy atom. The Bertz CT molecular complexity index is 264. The van der Waals surface area contributed by atoms with Gasteiger partial charge < -0.3 is 26.4 Å². The van der Waals surface area contributed by atoms with Crippen molar-refractivity contribution < 1.29 is 36.3 Å². The molecule has 7 heteroatoms. The Balaban J connectivity index is 0. The van der Waals surface area contributed by atoms with Gasteiger partial charge in [-0.25, -0.2) is 0 Å². The van der Waals surface area contributed by atoms with E-state index in [2.05, 4.69) is 0 Å². The third-order valence-electron chi connectivity index (χ3n) is 1.90. The van der Waals surface area contributed by atoms with Crippen LogP contribution in [0.5, 0.6) is 0 Å². The van der Waals surface area contributed by atoms with Crippen LogP contribution in [0.1, 0.15) is 12.8 Å². The average molecular weight is 312 g/mol. The fourth-order valence-electron chi connectivity index (χ4n) is 1.05. The second kappa shape index (κ2) is 7.62. The summed E-state index contributed by atoms with van der Waals surface area (Å²) >= 11 is 0. The van der Waals surface area contributed by atoms with Gasteiger partial charge in [-0.05, 0) is 0 Å². The van der Waals surface area contributed by atoms with Gasteiger partial charge in [0.25, 0.3) is 5.91 Å². The Hall–Kier alpha value is -0.660. The zero-order valence-electron chi connectivity index (χ0n) is 11.1. The van der Waals surface area contributed by atoms with E-state index in [1.165, 1.54) is 4.90 Å². The summed E-state index contributed by atoms with van der Waals surface area (Å²) in [6, 6.07) is 0. The van der Waals surface area contributed by atoms with Crippen LogP contribution in [0.3, 0.4) is 0 Å². The van der Waals surface area contributed by atoms with Crippen LogP contribution in [0, 0.1) is 0 Å². The number of nitrogens with zero attached hydrogens (tertiary/aromatic N) is 3. The van der Waals surface area contributed by atoms with E-state index >= 15 is 0 Å². The number of hydrogen-bond donors (Lipinski definition) is 1. The zero-order chi connectivity index (χ0) is 12.9. The molecule has 6 nitrogen and oxygen atoms in total. The summed E-state index contributed by atoms with van der Waals surface area (Å²) in [6.45, 7) is 0.203. The molecule has 0 saturated carbocycles. The lowest BCUT2D eigenvalue weighted by Gasteiger charge is -2.27. The van der Waals surface area contributed by atoms with Gasteiger partial charge in [0.15, 0.2) is 6.67 Å². The van der Waals surface area contributed by atoms with E-state index in [0.29, 0.717) is 9.55 Å². The molecule has 0 aromatic carbocycles. The third-order valence-corrected chi connectivity index (χ3v) is 1.90. The van der Waals surface area contributed by atoms with E-state index in [9.17, 15) is 14.8 Å². The van der Waals surface area contributed by atoms with Crippen molar-refractivity contribution in [3.63, 3.8) is 0 Å². The van der Waals surface area contributed by atoms with Crippen molar-refractivity contribution in [3.8, 4) is 0 Å². The lowest BCUT2D eigenvalue weighted by Crippen LogP contribution is -3.00. The summed E-state index contributed by atoms with van der Waals surface area (Å²) in [6.07, 6.45) is 0.160. The van der Waals surface area contributed by atoms with Gasteiger partial charge in [0, 0.05) is 26.9 Å². The van der Waals surface area contributed by atoms with Crippen LogP contribution in [0.2, 0.25) is 0 Å². The van der Waals surface area contributed by atoms with Crippen LogP contribution in [0.15, 0.2) is 0 Å². The van der Waals surface area contributed by atoms with E-state index in [1.807, 2.05) is 21.1 Å². The van der Waals surface area contributed by atoms with Crippen molar-refractivity contribution in [3.05, 3.63) is 0 Å². The van der Waals surface area contributed by atoms with Crippen molar-refractivity contribution in [2.24, 2.45) is 0 Å². The van der Waals surface area contributed by atoms with Crippen molar-refractivity contribution in [1.82, 2.24) is 9.96 Å². The second-order valence-corrected chi connectivity index (χ2v) is 5.01. The minimum Gasteiger partial charge on any atom is -1.00 e. The largest absolute Gasteiger partial charge is 1.00 e. The molecule has 0 aliphatic heterocycles. The molecule has 17 heavy (non-hydrogen) atoms. The van der Waals surface area contributed by atoms with Crippen LogP contribution >= 0.6 is 0 Å². The van der Waals surface area contributed by atoms with Crippen LogP contribution in [-0.2, 0) is 9.59 Å². The van der Waals surface area contributed by atoms with Crippen molar-refractivity contribution >= 4 is 11.8 Å². The molecule has 0 aromatic heterocycles. The summed E-state index contributed by atoms with van der Waals surface area (Å²) in [5.74, 6) is -0.546. The van der Waals surface area contributed by atoms with Crippen molar-refractivity contribution in [2.45, 2.75) is 12.8 Å². The summed E-state index contributed by atoms with van der Waals surface area (Å²) in [5.41, 5.74) is 0. The van der Waals surface area contributed by atoms with Gasteiger partial charge in [0.2, 0.25) is 5.91 Å². The molecule has 2 amide bonds. The maximum Gasteiger partial charge on any atom is 0.251 e. The molecule has 0 aromatic rings. The van der Waals surface area contributed by atoms with Crippen LogP contribution in [0.25, 0.3) is 0 Å². The fourth-order valence-corrected chi connectivity index (χ4v) is 1.05. The number of hydroxylamine groups is 2. The molecule has 0 rings (SSSR count). The van der Waals surface area contributed by atoms with Gasteiger partial charge in [-0.3, -0.25) is 14.8 Å². The quantitative estimate of drug-likeness (QED) is 0.251. The molecule has 1 N–H and O–H groups in total. The first-order chi connectivity index (χ1) is 7.13. The molecule has 0 bridgehead atoms. The van der Waals surface area contributed by atoms with E-state index in [1.54, 1.807) is 14.1 Å². The number of quaternary nitrogens is 1. The van der Waals surface area contributed by atoms with Gasteiger partial charge in [-0.1, -0.05) is 0 Å². The molecule has 0 fully saturated rings. The topological polar surface area (TPSA) is 60.9 Å². The first-order valence-corrected chi connectivity index (χ1v) is 5.13. The lowest BCUT2D eigenvalue weighted by molar-refractivity contribution is -0.884. The van der Waals surface area contributed by atoms with Gasteiger partial charge in [0.05, 0.1) is 21.1 Å². The van der Waals surface area contributed by atoms with Gasteiger partial charge in [0.1, 0.15) is 0 Å². The molecule has 0 saturated heterocycles. The maximum atomic E-state index is 11.4. The summed E-state index contributed by atoms with van der Waals surface area (Å²) < 4.78 is 0.448. The average Bonchev–Trinajstić information content (AvgIpc) is 2.10. The first-order valence-electron chi connectivity index (χ1n) is 5.13.